The molecule has 0 bridgehead atoms. The zero-order valence-corrected chi connectivity index (χ0v) is 9.10. The first-order valence-corrected chi connectivity index (χ1v) is 5.90. The van der Waals surface area contributed by atoms with E-state index >= 15 is 0 Å². The molecule has 0 aliphatic heterocycles. The van der Waals surface area contributed by atoms with Crippen molar-refractivity contribution in [2.24, 2.45) is 5.73 Å². The Morgan fingerprint density at radius 1 is 1.46 bits per heavy atom. The van der Waals surface area contributed by atoms with Gasteiger partial charge in [0, 0.05) is 10.9 Å². The van der Waals surface area contributed by atoms with Gasteiger partial charge in [0.25, 0.3) is 0 Å². The zero-order chi connectivity index (χ0) is 9.68. The summed E-state index contributed by atoms with van der Waals surface area (Å²) in [6.07, 6.45) is 4.30. The molecule has 0 amide bonds. The van der Waals surface area contributed by atoms with E-state index in [9.17, 15) is 0 Å². The van der Waals surface area contributed by atoms with E-state index in [1.54, 1.807) is 11.8 Å². The molecule has 0 radical (unpaired) electrons. The fourth-order valence-electron chi connectivity index (χ4n) is 1.35. The summed E-state index contributed by atoms with van der Waals surface area (Å²) in [5, 5.41) is 0. The molecule has 0 unspecified atom stereocenters. The Hall–Kier alpha value is -0.470. The van der Waals surface area contributed by atoms with Gasteiger partial charge in [0.05, 0.1) is 0 Å². The van der Waals surface area contributed by atoms with Crippen molar-refractivity contribution < 1.29 is 0 Å². The maximum Gasteiger partial charge on any atom is 0.0295 e. The molecule has 1 aromatic carbocycles. The minimum atomic E-state index is 0.206. The molecule has 1 nitrogen and oxygen atoms in total. The molecule has 0 saturated carbocycles. The lowest BCUT2D eigenvalue weighted by Gasteiger charge is -2.11. The lowest BCUT2D eigenvalue weighted by atomic mass is 10.0. The molecule has 13 heavy (non-hydrogen) atoms. The van der Waals surface area contributed by atoms with Crippen molar-refractivity contribution in [1.29, 1.82) is 0 Å². The molecule has 0 aromatic heterocycles. The minimum Gasteiger partial charge on any atom is -0.324 e. The van der Waals surface area contributed by atoms with Crippen molar-refractivity contribution in [2.45, 2.75) is 30.7 Å². The van der Waals surface area contributed by atoms with Gasteiger partial charge >= 0.3 is 0 Å². The molecule has 0 aliphatic carbocycles. The van der Waals surface area contributed by atoms with Crippen LogP contribution in [0.25, 0.3) is 0 Å². The second-order valence-corrected chi connectivity index (χ2v) is 4.05. The zero-order valence-electron chi connectivity index (χ0n) is 8.29. The fourth-order valence-corrected chi connectivity index (χ4v) is 1.82. The predicted molar refractivity (Wildman–Crippen MR) is 60.1 cm³/mol. The minimum absolute atomic E-state index is 0.206. The van der Waals surface area contributed by atoms with Gasteiger partial charge in [-0.25, -0.2) is 0 Å². The van der Waals surface area contributed by atoms with E-state index in [2.05, 4.69) is 37.4 Å². The van der Waals surface area contributed by atoms with E-state index in [4.69, 9.17) is 5.73 Å². The van der Waals surface area contributed by atoms with Crippen LogP contribution >= 0.6 is 11.8 Å². The van der Waals surface area contributed by atoms with Crippen molar-refractivity contribution in [3.8, 4) is 0 Å². The van der Waals surface area contributed by atoms with Gasteiger partial charge in [-0.3, -0.25) is 0 Å². The lowest BCUT2D eigenvalue weighted by Crippen LogP contribution is -2.09. The van der Waals surface area contributed by atoms with Crippen LogP contribution in [0.4, 0.5) is 0 Å². The lowest BCUT2D eigenvalue weighted by molar-refractivity contribution is 0.637. The van der Waals surface area contributed by atoms with Gasteiger partial charge < -0.3 is 5.73 Å². The van der Waals surface area contributed by atoms with E-state index in [0.717, 1.165) is 12.8 Å². The van der Waals surface area contributed by atoms with Crippen LogP contribution in [0, 0.1) is 0 Å². The third kappa shape index (κ3) is 3.05. The Labute approximate surface area is 84.7 Å². The van der Waals surface area contributed by atoms with E-state index in [0.29, 0.717) is 0 Å². The van der Waals surface area contributed by atoms with Crippen molar-refractivity contribution in [2.75, 3.05) is 6.26 Å². The second-order valence-electron chi connectivity index (χ2n) is 3.17. The summed E-state index contributed by atoms with van der Waals surface area (Å²) in [5.74, 6) is 0. The van der Waals surface area contributed by atoms with Crippen LogP contribution in [0.5, 0.6) is 0 Å². The molecule has 0 fully saturated rings. The SMILES string of the molecule is CCC[C@@H](N)c1cccc(SC)c1. The van der Waals surface area contributed by atoms with Crippen LogP contribution in [-0.2, 0) is 0 Å². The maximum atomic E-state index is 6.02. The first kappa shape index (κ1) is 10.6. The van der Waals surface area contributed by atoms with Crippen LogP contribution in [0.3, 0.4) is 0 Å². The van der Waals surface area contributed by atoms with Crippen molar-refractivity contribution in [3.05, 3.63) is 29.8 Å². The first-order valence-electron chi connectivity index (χ1n) is 4.67. The quantitative estimate of drug-likeness (QED) is 0.747. The van der Waals surface area contributed by atoms with Gasteiger partial charge in [-0.2, -0.15) is 0 Å². The Bertz CT molecular complexity index is 260. The average Bonchev–Trinajstić information content (AvgIpc) is 2.18. The number of rotatable bonds is 4. The Balaban J connectivity index is 2.75. The maximum absolute atomic E-state index is 6.02. The van der Waals surface area contributed by atoms with Crippen LogP contribution < -0.4 is 5.73 Å². The highest BCUT2D eigenvalue weighted by Crippen LogP contribution is 2.21. The largest absolute Gasteiger partial charge is 0.324 e. The molecular weight excluding hydrogens is 178 g/mol. The number of benzene rings is 1. The highest BCUT2D eigenvalue weighted by molar-refractivity contribution is 7.98. The molecule has 72 valence electrons. The number of thioether (sulfide) groups is 1. The summed E-state index contributed by atoms with van der Waals surface area (Å²) in [6, 6.07) is 8.70. The molecule has 2 N–H and O–H groups in total. The molecule has 0 saturated heterocycles. The third-order valence-electron chi connectivity index (χ3n) is 2.12. The molecule has 0 heterocycles. The summed E-state index contributed by atoms with van der Waals surface area (Å²) in [5.41, 5.74) is 7.28. The Morgan fingerprint density at radius 3 is 2.85 bits per heavy atom. The number of nitrogens with two attached hydrogens (primary N) is 1. The van der Waals surface area contributed by atoms with Crippen molar-refractivity contribution in [1.82, 2.24) is 0 Å². The summed E-state index contributed by atoms with van der Waals surface area (Å²) < 4.78 is 0. The third-order valence-corrected chi connectivity index (χ3v) is 2.85. The van der Waals surface area contributed by atoms with Crippen LogP contribution in [0.2, 0.25) is 0 Å². The van der Waals surface area contributed by atoms with Gasteiger partial charge in [-0.1, -0.05) is 25.5 Å². The van der Waals surface area contributed by atoms with Crippen LogP contribution in [0.1, 0.15) is 31.4 Å². The molecule has 0 spiro atoms. The second kappa shape index (κ2) is 5.30. The molecular formula is C11H17NS. The standard InChI is InChI=1S/C11H17NS/c1-3-5-11(12)9-6-4-7-10(8-9)13-2/h4,6-8,11H,3,5,12H2,1-2H3/t11-/m1/s1. The highest BCUT2D eigenvalue weighted by Gasteiger charge is 2.04. The normalized spacial score (nSPS) is 12.8. The molecule has 0 aliphatic rings. The van der Waals surface area contributed by atoms with Crippen LogP contribution in [0.15, 0.2) is 29.2 Å². The number of hydrogen-bond donors (Lipinski definition) is 1. The molecule has 1 rings (SSSR count). The molecule has 2 heteroatoms. The summed E-state index contributed by atoms with van der Waals surface area (Å²) in [7, 11) is 0. The van der Waals surface area contributed by atoms with Gasteiger partial charge in [0.15, 0.2) is 0 Å². The monoisotopic (exact) mass is 195 g/mol. The van der Waals surface area contributed by atoms with E-state index in [-0.39, 0.29) is 6.04 Å². The molecule has 1 atom stereocenters. The van der Waals surface area contributed by atoms with E-state index < -0.39 is 0 Å². The van der Waals surface area contributed by atoms with Crippen molar-refractivity contribution >= 4 is 11.8 Å². The van der Waals surface area contributed by atoms with Gasteiger partial charge in [-0.05, 0) is 30.4 Å². The summed E-state index contributed by atoms with van der Waals surface area (Å²) in [6.45, 7) is 2.16. The van der Waals surface area contributed by atoms with Crippen molar-refractivity contribution in [3.63, 3.8) is 0 Å². The average molecular weight is 195 g/mol. The predicted octanol–water partition coefficient (Wildman–Crippen LogP) is 3.21. The van der Waals surface area contributed by atoms with Gasteiger partial charge in [-0.15, -0.1) is 11.8 Å². The summed E-state index contributed by atoms with van der Waals surface area (Å²) >= 11 is 1.76. The van der Waals surface area contributed by atoms with Gasteiger partial charge in [0.1, 0.15) is 0 Å². The topological polar surface area (TPSA) is 26.0 Å². The highest BCUT2D eigenvalue weighted by atomic mass is 32.2. The number of hydrogen-bond acceptors (Lipinski definition) is 2. The fraction of sp³-hybridized carbons (Fsp3) is 0.455. The van der Waals surface area contributed by atoms with Crippen LogP contribution in [-0.4, -0.2) is 6.26 Å². The first-order chi connectivity index (χ1) is 6.27. The smallest absolute Gasteiger partial charge is 0.0295 e. The Kier molecular flexibility index (Phi) is 4.33. The van der Waals surface area contributed by atoms with E-state index in [1.165, 1.54) is 10.5 Å². The Morgan fingerprint density at radius 2 is 2.23 bits per heavy atom. The summed E-state index contributed by atoms with van der Waals surface area (Å²) in [4.78, 5) is 1.30. The van der Waals surface area contributed by atoms with E-state index in [1.807, 2.05) is 0 Å². The van der Waals surface area contributed by atoms with Gasteiger partial charge in [0.2, 0.25) is 0 Å². The molecule has 1 aromatic rings.